The first kappa shape index (κ1) is 9.33. The van der Waals surface area contributed by atoms with Crippen LogP contribution in [0.3, 0.4) is 0 Å². The molecule has 0 aliphatic carbocycles. The van der Waals surface area contributed by atoms with Gasteiger partial charge >= 0.3 is 0 Å². The van der Waals surface area contributed by atoms with Crippen molar-refractivity contribution in [1.82, 2.24) is 15.4 Å². The molecule has 0 radical (unpaired) electrons. The lowest BCUT2D eigenvalue weighted by Crippen LogP contribution is -2.16. The lowest BCUT2D eigenvalue weighted by Gasteiger charge is -2.12. The highest BCUT2D eigenvalue weighted by Crippen LogP contribution is 2.38. The number of carbonyl (C=O) groups excluding carboxylic acids is 1. The molecule has 0 saturated heterocycles. The summed E-state index contributed by atoms with van der Waals surface area (Å²) in [5, 5.41) is 13.4. The summed E-state index contributed by atoms with van der Waals surface area (Å²) < 4.78 is 0. The number of nitrogens with one attached hydrogen (secondary N) is 2. The summed E-state index contributed by atoms with van der Waals surface area (Å²) in [6.07, 6.45) is 0. The average molecular weight is 216 g/mol. The highest BCUT2D eigenvalue weighted by molar-refractivity contribution is 6.05. The Balaban J connectivity index is 2.22. The van der Waals surface area contributed by atoms with Crippen LogP contribution in [0.4, 0.5) is 5.69 Å². The molecule has 0 spiro atoms. The Hall–Kier alpha value is -1.91. The molecule has 16 heavy (non-hydrogen) atoms. The van der Waals surface area contributed by atoms with Crippen molar-refractivity contribution in [2.24, 2.45) is 5.92 Å². The van der Waals surface area contributed by atoms with Gasteiger partial charge < -0.3 is 5.32 Å². The highest BCUT2D eigenvalue weighted by Gasteiger charge is 2.33. The molecule has 0 bridgehead atoms. The maximum Gasteiger partial charge on any atom is 0.232 e. The van der Waals surface area contributed by atoms with Gasteiger partial charge in [0.2, 0.25) is 5.91 Å². The molecule has 5 heteroatoms. The molecule has 1 unspecified atom stereocenters. The molecule has 2 aromatic rings. The van der Waals surface area contributed by atoms with Crippen molar-refractivity contribution in [3.05, 3.63) is 17.7 Å². The molecule has 1 atom stereocenters. The van der Waals surface area contributed by atoms with Gasteiger partial charge in [0.25, 0.3) is 0 Å². The first-order valence-electron chi connectivity index (χ1n) is 5.32. The number of anilines is 1. The second-order valence-electron chi connectivity index (χ2n) is 4.48. The Morgan fingerprint density at radius 3 is 2.94 bits per heavy atom. The smallest absolute Gasteiger partial charge is 0.232 e. The number of carbonyl (C=O) groups is 1. The van der Waals surface area contributed by atoms with Gasteiger partial charge in [0.05, 0.1) is 11.4 Å². The number of aromatic amines is 1. The summed E-state index contributed by atoms with van der Waals surface area (Å²) in [4.78, 5) is 11.8. The Morgan fingerprint density at radius 1 is 1.38 bits per heavy atom. The molecular weight excluding hydrogens is 204 g/mol. The molecule has 0 saturated carbocycles. The lowest BCUT2D eigenvalue weighted by atomic mass is 9.89. The summed E-state index contributed by atoms with van der Waals surface area (Å²) in [5.74, 6) is 0.294. The second kappa shape index (κ2) is 3.04. The van der Waals surface area contributed by atoms with Crippen LogP contribution in [0.1, 0.15) is 25.3 Å². The Bertz CT molecular complexity index is 572. The minimum Gasteiger partial charge on any atom is -0.325 e. The van der Waals surface area contributed by atoms with Crippen LogP contribution in [0.25, 0.3) is 11.0 Å². The number of nitrogens with zero attached hydrogens (tertiary/aromatic N) is 2. The van der Waals surface area contributed by atoms with Gasteiger partial charge in [-0.1, -0.05) is 19.1 Å². The van der Waals surface area contributed by atoms with E-state index in [1.165, 1.54) is 0 Å². The van der Waals surface area contributed by atoms with Crippen molar-refractivity contribution in [2.75, 3.05) is 5.32 Å². The molecular formula is C11H12N4O. The third kappa shape index (κ3) is 1.14. The molecule has 1 aliphatic rings. The predicted octanol–water partition coefficient (Wildman–Crippen LogP) is 1.65. The number of aromatic nitrogens is 3. The summed E-state index contributed by atoms with van der Waals surface area (Å²) >= 11 is 0. The van der Waals surface area contributed by atoms with Crippen molar-refractivity contribution in [3.8, 4) is 0 Å². The van der Waals surface area contributed by atoms with Gasteiger partial charge in [0.1, 0.15) is 5.52 Å². The second-order valence-corrected chi connectivity index (χ2v) is 4.48. The summed E-state index contributed by atoms with van der Waals surface area (Å²) in [7, 11) is 0. The fraction of sp³-hybridized carbons (Fsp3) is 0.364. The number of H-pyrrole nitrogens is 1. The van der Waals surface area contributed by atoms with E-state index in [2.05, 4.69) is 34.6 Å². The van der Waals surface area contributed by atoms with E-state index in [4.69, 9.17) is 0 Å². The molecule has 2 N–H and O–H groups in total. The van der Waals surface area contributed by atoms with Gasteiger partial charge in [-0.3, -0.25) is 9.89 Å². The monoisotopic (exact) mass is 216 g/mol. The molecule has 1 aromatic carbocycles. The van der Waals surface area contributed by atoms with Gasteiger partial charge in [-0.25, -0.2) is 0 Å². The molecule has 1 aromatic heterocycles. The maximum absolute atomic E-state index is 11.8. The van der Waals surface area contributed by atoms with Crippen molar-refractivity contribution < 1.29 is 4.79 Å². The van der Waals surface area contributed by atoms with Gasteiger partial charge in [0.15, 0.2) is 0 Å². The molecule has 1 aliphatic heterocycles. The lowest BCUT2D eigenvalue weighted by molar-refractivity contribution is -0.117. The topological polar surface area (TPSA) is 70.7 Å². The third-order valence-corrected chi connectivity index (χ3v) is 3.04. The zero-order valence-electron chi connectivity index (χ0n) is 9.11. The third-order valence-electron chi connectivity index (χ3n) is 3.04. The highest BCUT2D eigenvalue weighted by atomic mass is 16.2. The van der Waals surface area contributed by atoms with E-state index in [0.717, 1.165) is 22.3 Å². The molecule has 82 valence electrons. The van der Waals surface area contributed by atoms with Crippen LogP contribution >= 0.6 is 0 Å². The molecule has 1 amide bonds. The molecule has 5 nitrogen and oxygen atoms in total. The van der Waals surface area contributed by atoms with Gasteiger partial charge in [-0.15, -0.1) is 5.10 Å². The van der Waals surface area contributed by atoms with Crippen molar-refractivity contribution in [3.63, 3.8) is 0 Å². The van der Waals surface area contributed by atoms with Crippen molar-refractivity contribution in [2.45, 2.75) is 19.8 Å². The maximum atomic E-state index is 11.8. The quantitative estimate of drug-likeness (QED) is 0.761. The van der Waals surface area contributed by atoms with Crippen LogP contribution in [-0.2, 0) is 4.79 Å². The summed E-state index contributed by atoms with van der Waals surface area (Å²) in [5.41, 5.74) is 3.56. The summed E-state index contributed by atoms with van der Waals surface area (Å²) in [6.45, 7) is 4.10. The number of rotatable bonds is 1. The van der Waals surface area contributed by atoms with Gasteiger partial charge in [-0.05, 0) is 23.6 Å². The van der Waals surface area contributed by atoms with E-state index in [0.29, 0.717) is 0 Å². The van der Waals surface area contributed by atoms with E-state index >= 15 is 0 Å². The van der Waals surface area contributed by atoms with E-state index in [9.17, 15) is 4.79 Å². The Kier molecular flexibility index (Phi) is 1.77. The standard InChI is InChI=1S/C11H12N4O/c1-5(2)10-6-3-8-9(14-15-13-8)4-7(6)12-11(10)16/h3-5,10H,1-2H3,(H,12,16)(H,13,14,15). The Labute approximate surface area is 92.2 Å². The SMILES string of the molecule is CC(C)C1C(=O)Nc2cc3nn[nH]c3cc21. The number of hydrogen-bond acceptors (Lipinski definition) is 3. The minimum absolute atomic E-state index is 0.0669. The minimum atomic E-state index is -0.0669. The largest absolute Gasteiger partial charge is 0.325 e. The molecule has 3 rings (SSSR count). The van der Waals surface area contributed by atoms with Gasteiger partial charge in [-0.2, -0.15) is 0 Å². The zero-order valence-corrected chi connectivity index (χ0v) is 9.11. The number of benzene rings is 1. The predicted molar refractivity (Wildman–Crippen MR) is 60.1 cm³/mol. The van der Waals surface area contributed by atoms with Crippen molar-refractivity contribution in [1.29, 1.82) is 0 Å². The number of hydrogen-bond donors (Lipinski definition) is 2. The van der Waals surface area contributed by atoms with E-state index < -0.39 is 0 Å². The van der Waals surface area contributed by atoms with Crippen LogP contribution in [0, 0.1) is 5.92 Å². The molecule has 2 heterocycles. The van der Waals surface area contributed by atoms with Gasteiger partial charge in [0, 0.05) is 5.69 Å². The zero-order chi connectivity index (χ0) is 11.3. The first-order valence-corrected chi connectivity index (χ1v) is 5.32. The van der Waals surface area contributed by atoms with E-state index in [-0.39, 0.29) is 17.7 Å². The van der Waals surface area contributed by atoms with Crippen LogP contribution in [0.15, 0.2) is 12.1 Å². The van der Waals surface area contributed by atoms with Crippen LogP contribution in [0.5, 0.6) is 0 Å². The number of fused-ring (bicyclic) bond motifs is 2. The van der Waals surface area contributed by atoms with Crippen LogP contribution in [0.2, 0.25) is 0 Å². The van der Waals surface area contributed by atoms with E-state index in [1.54, 1.807) is 0 Å². The van der Waals surface area contributed by atoms with Crippen LogP contribution in [-0.4, -0.2) is 21.3 Å². The number of amides is 1. The normalized spacial score (nSPS) is 19.2. The van der Waals surface area contributed by atoms with E-state index in [1.807, 2.05) is 12.1 Å². The fourth-order valence-electron chi connectivity index (χ4n) is 2.29. The van der Waals surface area contributed by atoms with Crippen LogP contribution < -0.4 is 5.32 Å². The first-order chi connectivity index (χ1) is 7.66. The summed E-state index contributed by atoms with van der Waals surface area (Å²) in [6, 6.07) is 3.84. The Morgan fingerprint density at radius 2 is 2.19 bits per heavy atom. The van der Waals surface area contributed by atoms with Crippen molar-refractivity contribution >= 4 is 22.6 Å². The average Bonchev–Trinajstić information content (AvgIpc) is 2.75. The molecule has 0 fully saturated rings. The fourth-order valence-corrected chi connectivity index (χ4v) is 2.29.